The molecule has 2 aliphatic rings. The fraction of sp³-hybridized carbons (Fsp3) is 0.459. The summed E-state index contributed by atoms with van der Waals surface area (Å²) in [6.07, 6.45) is 0.907. The minimum absolute atomic E-state index is 0.0388. The zero-order chi connectivity index (χ0) is 40.2. The first-order chi connectivity index (χ1) is 26.1. The maximum Gasteiger partial charge on any atom is 0.326 e. The van der Waals surface area contributed by atoms with Gasteiger partial charge in [0, 0.05) is 19.5 Å². The monoisotopic (exact) mass is 764 g/mol. The highest BCUT2D eigenvalue weighted by atomic mass is 16.4. The van der Waals surface area contributed by atoms with E-state index in [2.05, 4.69) is 21.3 Å². The minimum Gasteiger partial charge on any atom is -0.508 e. The Morgan fingerprint density at radius 3 is 1.98 bits per heavy atom. The van der Waals surface area contributed by atoms with Crippen LogP contribution in [0.2, 0.25) is 0 Å². The van der Waals surface area contributed by atoms with Crippen LogP contribution < -0.4 is 32.7 Å². The summed E-state index contributed by atoms with van der Waals surface area (Å²) in [6, 6.07) is 8.08. The number of hydrogen-bond acceptors (Lipinski definition) is 10. The molecule has 0 bridgehead atoms. The van der Waals surface area contributed by atoms with Crippen LogP contribution in [0.4, 0.5) is 0 Å². The summed E-state index contributed by atoms with van der Waals surface area (Å²) in [6.45, 7) is 1.21. The molecule has 55 heavy (non-hydrogen) atoms. The molecule has 2 heterocycles. The molecule has 2 fully saturated rings. The third-order valence-corrected chi connectivity index (χ3v) is 9.49. The molecule has 2 aliphatic heterocycles. The van der Waals surface area contributed by atoms with Crippen molar-refractivity contribution in [3.8, 4) is 5.75 Å². The van der Waals surface area contributed by atoms with Gasteiger partial charge in [0.05, 0.1) is 19.0 Å². The lowest BCUT2D eigenvalue weighted by Gasteiger charge is -2.29. The van der Waals surface area contributed by atoms with Gasteiger partial charge in [0.15, 0.2) is 0 Å². The van der Waals surface area contributed by atoms with Crippen molar-refractivity contribution in [1.29, 1.82) is 0 Å². The van der Waals surface area contributed by atoms with Crippen molar-refractivity contribution in [2.75, 3.05) is 19.6 Å². The van der Waals surface area contributed by atoms with Crippen LogP contribution in [0.5, 0.6) is 5.75 Å². The molecule has 10 N–H and O–H groups in total. The molecule has 2 aromatic rings. The molecule has 2 aromatic carbocycles. The highest BCUT2D eigenvalue weighted by Crippen LogP contribution is 2.21. The van der Waals surface area contributed by atoms with Crippen molar-refractivity contribution < 1.29 is 48.6 Å². The van der Waals surface area contributed by atoms with Crippen LogP contribution in [0, 0.1) is 0 Å². The summed E-state index contributed by atoms with van der Waals surface area (Å²) >= 11 is 0. The molecular formula is C37H48N8O10. The van der Waals surface area contributed by atoms with Gasteiger partial charge in [-0.2, -0.15) is 0 Å². The molecule has 0 saturated carbocycles. The number of carbonyl (C=O) groups excluding carboxylic acids is 7. The number of benzene rings is 2. The molecule has 0 aliphatic carbocycles. The summed E-state index contributed by atoms with van der Waals surface area (Å²) in [5.74, 6) is -6.45. The fourth-order valence-corrected chi connectivity index (χ4v) is 6.66. The van der Waals surface area contributed by atoms with E-state index in [1.807, 2.05) is 30.3 Å². The number of carboxylic acids is 1. The van der Waals surface area contributed by atoms with Gasteiger partial charge in [0.25, 0.3) is 0 Å². The summed E-state index contributed by atoms with van der Waals surface area (Å²) in [5.41, 5.74) is 12.8. The van der Waals surface area contributed by atoms with Crippen molar-refractivity contribution >= 4 is 47.3 Å². The molecule has 4 rings (SSSR count). The molecule has 0 aromatic heterocycles. The van der Waals surface area contributed by atoms with E-state index in [0.29, 0.717) is 18.4 Å². The lowest BCUT2D eigenvalue weighted by atomic mass is 10.0. The number of primary amides is 1. The van der Waals surface area contributed by atoms with E-state index in [0.717, 1.165) is 10.5 Å². The number of nitrogens with zero attached hydrogens (tertiary/aromatic N) is 2. The van der Waals surface area contributed by atoms with E-state index in [-0.39, 0.29) is 44.5 Å². The first kappa shape index (κ1) is 41.7. The number of amides is 7. The zero-order valence-corrected chi connectivity index (χ0v) is 30.4. The molecule has 0 spiro atoms. The largest absolute Gasteiger partial charge is 0.508 e. The highest BCUT2D eigenvalue weighted by molar-refractivity contribution is 5.97. The Balaban J connectivity index is 1.35. The van der Waals surface area contributed by atoms with Crippen molar-refractivity contribution in [3.05, 3.63) is 65.7 Å². The standard InChI is InChI=1S/C37H48N8O10/c1-21(41-32(49)25(38)17-22-7-3-2-4-8-22)35(52)44-15-5-9-28(44)34(51)40-20-31(48)42-26(19-30(39)47)33(50)43-27(18-23-11-13-24(46)14-12-23)36(53)45-16-6-10-29(45)37(54)55/h2-4,7-8,11-14,21,25-29,46H,5-6,9-10,15-20,38H2,1H3,(H2,39,47)(H,40,51)(H,41,49)(H,42,48)(H,43,50)(H,54,55)/t21-,25-,26-,27-,28-,29-/m0/s1. The Labute approximate surface area is 317 Å². The van der Waals surface area contributed by atoms with Crippen molar-refractivity contribution in [3.63, 3.8) is 0 Å². The number of aliphatic carboxylic acids is 1. The number of nitrogens with one attached hydrogen (secondary N) is 4. The number of rotatable bonds is 17. The number of phenols is 1. The Morgan fingerprint density at radius 2 is 1.36 bits per heavy atom. The quantitative estimate of drug-likeness (QED) is 0.0875. The number of likely N-dealkylation sites (tertiary alicyclic amines) is 2. The third-order valence-electron chi connectivity index (χ3n) is 9.49. The van der Waals surface area contributed by atoms with Gasteiger partial charge in [-0.15, -0.1) is 0 Å². The van der Waals surface area contributed by atoms with Gasteiger partial charge in [0.1, 0.15) is 36.0 Å². The van der Waals surface area contributed by atoms with Crippen molar-refractivity contribution in [1.82, 2.24) is 31.1 Å². The van der Waals surface area contributed by atoms with Crippen LogP contribution in [0.1, 0.15) is 50.2 Å². The van der Waals surface area contributed by atoms with E-state index in [4.69, 9.17) is 11.5 Å². The van der Waals surface area contributed by atoms with Gasteiger partial charge in [-0.3, -0.25) is 33.6 Å². The average Bonchev–Trinajstić information content (AvgIpc) is 3.85. The van der Waals surface area contributed by atoms with Gasteiger partial charge in [-0.1, -0.05) is 42.5 Å². The molecule has 0 radical (unpaired) electrons. The van der Waals surface area contributed by atoms with Gasteiger partial charge in [0.2, 0.25) is 41.4 Å². The van der Waals surface area contributed by atoms with Crippen LogP contribution in [-0.2, 0) is 51.2 Å². The molecule has 2 saturated heterocycles. The third kappa shape index (κ3) is 11.7. The van der Waals surface area contributed by atoms with Gasteiger partial charge in [-0.05, 0) is 62.3 Å². The number of carbonyl (C=O) groups is 8. The number of carboxylic acid groups (broad SMARTS) is 1. The van der Waals surface area contributed by atoms with Crippen LogP contribution >= 0.6 is 0 Å². The normalized spacial score (nSPS) is 18.7. The van der Waals surface area contributed by atoms with Crippen LogP contribution in [0.15, 0.2) is 54.6 Å². The summed E-state index contributed by atoms with van der Waals surface area (Å²) in [5, 5.41) is 29.2. The maximum absolute atomic E-state index is 13.6. The first-order valence-corrected chi connectivity index (χ1v) is 18.0. The van der Waals surface area contributed by atoms with E-state index in [9.17, 15) is 48.6 Å². The second-order valence-electron chi connectivity index (χ2n) is 13.7. The van der Waals surface area contributed by atoms with Crippen molar-refractivity contribution in [2.45, 2.75) is 88.1 Å². The minimum atomic E-state index is -1.58. The molecular weight excluding hydrogens is 716 g/mol. The SMILES string of the molecule is C[C@H](NC(=O)[C@@H](N)Cc1ccccc1)C(=O)N1CCC[C@H]1C(=O)NCC(=O)N[C@@H](CC(N)=O)C(=O)N[C@@H](Cc1ccc(O)cc1)C(=O)N1CCC[C@H]1C(=O)O. The molecule has 6 atom stereocenters. The van der Waals surface area contributed by atoms with E-state index in [1.165, 1.54) is 36.1 Å². The Hall–Kier alpha value is -6.04. The second kappa shape index (κ2) is 19.3. The maximum atomic E-state index is 13.6. The predicted molar refractivity (Wildman–Crippen MR) is 195 cm³/mol. The van der Waals surface area contributed by atoms with E-state index in [1.54, 1.807) is 0 Å². The molecule has 0 unspecified atom stereocenters. The van der Waals surface area contributed by atoms with E-state index >= 15 is 0 Å². The summed E-state index contributed by atoms with van der Waals surface area (Å²) < 4.78 is 0. The fourth-order valence-electron chi connectivity index (χ4n) is 6.66. The van der Waals surface area contributed by atoms with Gasteiger partial charge < -0.3 is 52.7 Å². The van der Waals surface area contributed by atoms with Crippen LogP contribution in [0.25, 0.3) is 0 Å². The highest BCUT2D eigenvalue weighted by Gasteiger charge is 2.39. The van der Waals surface area contributed by atoms with E-state index < -0.39 is 96.5 Å². The number of phenolic OH excluding ortho intramolecular Hbond substituents is 1. The molecule has 18 nitrogen and oxygen atoms in total. The smallest absolute Gasteiger partial charge is 0.326 e. The topological polar surface area (TPSA) is 284 Å². The molecule has 7 amide bonds. The Morgan fingerprint density at radius 1 is 0.764 bits per heavy atom. The van der Waals surface area contributed by atoms with Gasteiger partial charge in [-0.25, -0.2) is 4.79 Å². The van der Waals surface area contributed by atoms with Gasteiger partial charge >= 0.3 is 5.97 Å². The lowest BCUT2D eigenvalue weighted by Crippen LogP contribution is -2.58. The zero-order valence-electron chi connectivity index (χ0n) is 30.4. The average molecular weight is 765 g/mol. The predicted octanol–water partition coefficient (Wildman–Crippen LogP) is -1.96. The number of nitrogens with two attached hydrogens (primary N) is 2. The Kier molecular flexibility index (Phi) is 14.7. The summed E-state index contributed by atoms with van der Waals surface area (Å²) in [7, 11) is 0. The first-order valence-electron chi connectivity index (χ1n) is 18.0. The number of hydrogen-bond donors (Lipinski definition) is 8. The lowest BCUT2D eigenvalue weighted by molar-refractivity contribution is -0.149. The molecule has 296 valence electrons. The van der Waals surface area contributed by atoms with Crippen LogP contribution in [-0.4, -0.2) is 123 Å². The molecule has 18 heteroatoms. The van der Waals surface area contributed by atoms with Crippen molar-refractivity contribution in [2.24, 2.45) is 11.5 Å². The second-order valence-corrected chi connectivity index (χ2v) is 13.7. The summed E-state index contributed by atoms with van der Waals surface area (Å²) in [4.78, 5) is 106. The Bertz CT molecular complexity index is 1740. The number of aromatic hydroxyl groups is 1. The van der Waals surface area contributed by atoms with Crippen LogP contribution in [0.3, 0.4) is 0 Å².